The summed E-state index contributed by atoms with van der Waals surface area (Å²) in [6, 6.07) is 15.7. The fourth-order valence-corrected chi connectivity index (χ4v) is 11.9. The number of amides is 7. The molecule has 74 heavy (non-hydrogen) atoms. The van der Waals surface area contributed by atoms with Gasteiger partial charge in [-0.25, -0.2) is 0 Å². The molecule has 398 valence electrons. The predicted molar refractivity (Wildman–Crippen MR) is 283 cm³/mol. The molecule has 16 nitrogen and oxygen atoms in total. The van der Waals surface area contributed by atoms with Gasteiger partial charge in [0.1, 0.15) is 24.2 Å². The molecule has 2 aliphatic heterocycles. The second kappa shape index (κ2) is 23.6. The third-order valence-corrected chi connectivity index (χ3v) is 16.5. The molecule has 2 fully saturated rings. The summed E-state index contributed by atoms with van der Waals surface area (Å²) in [5, 5.41) is 21.6. The lowest BCUT2D eigenvalue weighted by atomic mass is 9.85. The van der Waals surface area contributed by atoms with E-state index >= 15 is 4.79 Å². The molecule has 0 radical (unpaired) electrons. The van der Waals surface area contributed by atoms with Crippen LogP contribution in [-0.2, 0) is 54.6 Å². The van der Waals surface area contributed by atoms with Crippen molar-refractivity contribution in [2.45, 2.75) is 179 Å². The van der Waals surface area contributed by atoms with Gasteiger partial charge in [0.15, 0.2) is 0 Å². The molecule has 7 amide bonds. The Morgan fingerprint density at radius 3 is 1.77 bits per heavy atom. The van der Waals surface area contributed by atoms with E-state index in [-0.39, 0.29) is 73.5 Å². The molecule has 1 saturated carbocycles. The molecule has 1 saturated heterocycles. The highest BCUT2D eigenvalue weighted by Gasteiger charge is 2.47. The van der Waals surface area contributed by atoms with Gasteiger partial charge in [-0.15, -0.1) is 0 Å². The van der Waals surface area contributed by atoms with Crippen LogP contribution in [-0.4, -0.2) is 114 Å². The van der Waals surface area contributed by atoms with E-state index in [1.165, 1.54) is 16.0 Å². The molecule has 3 aromatic carbocycles. The summed E-state index contributed by atoms with van der Waals surface area (Å²) in [5.74, 6) is -2.15. The van der Waals surface area contributed by atoms with Crippen molar-refractivity contribution in [2.75, 3.05) is 20.6 Å². The van der Waals surface area contributed by atoms with Gasteiger partial charge in [-0.1, -0.05) is 101 Å². The van der Waals surface area contributed by atoms with Crippen LogP contribution in [0.5, 0.6) is 0 Å². The summed E-state index contributed by atoms with van der Waals surface area (Å²) in [6.45, 7) is 9.14. The lowest BCUT2D eigenvalue weighted by molar-refractivity contribution is -0.145. The van der Waals surface area contributed by atoms with Gasteiger partial charge in [0, 0.05) is 31.1 Å². The number of rotatable bonds is 16. The molecule has 0 bridgehead atoms. The van der Waals surface area contributed by atoms with Crippen molar-refractivity contribution in [3.8, 4) is 0 Å². The molecule has 0 aromatic heterocycles. The van der Waals surface area contributed by atoms with Crippen LogP contribution < -0.4 is 37.2 Å². The van der Waals surface area contributed by atoms with Crippen molar-refractivity contribution in [1.29, 1.82) is 0 Å². The number of hydrogen-bond donors (Lipinski definition) is 7. The zero-order valence-electron chi connectivity index (χ0n) is 44.5. The Kier molecular flexibility index (Phi) is 17.3. The number of aryl methyl sites for hydroxylation is 2. The van der Waals surface area contributed by atoms with E-state index < -0.39 is 59.5 Å². The van der Waals surface area contributed by atoms with Gasteiger partial charge < -0.3 is 47.0 Å². The number of carbonyl (C=O) groups excluding carboxylic acids is 7. The molecule has 3 aliphatic carbocycles. The maximum Gasteiger partial charge on any atom is 0.251 e. The Morgan fingerprint density at radius 1 is 0.622 bits per heavy atom. The van der Waals surface area contributed by atoms with Gasteiger partial charge >= 0.3 is 0 Å². The predicted octanol–water partition coefficient (Wildman–Crippen LogP) is 4.84. The van der Waals surface area contributed by atoms with E-state index in [9.17, 15) is 28.8 Å². The van der Waals surface area contributed by atoms with Crippen LogP contribution >= 0.6 is 0 Å². The number of benzene rings is 3. The summed E-state index contributed by atoms with van der Waals surface area (Å²) in [4.78, 5) is 103. The number of likely N-dealkylation sites (tertiary alicyclic amines) is 1. The first-order chi connectivity index (χ1) is 35.4. The molecule has 5 aliphatic rings. The number of likely N-dealkylation sites (N-methyl/N-ethyl adjacent to an activating group) is 2. The number of nitrogens with zero attached hydrogens (tertiary/aromatic N) is 2. The third-order valence-electron chi connectivity index (χ3n) is 16.5. The van der Waals surface area contributed by atoms with Crippen LogP contribution in [0.15, 0.2) is 66.7 Å². The monoisotopic (exact) mass is 1010 g/mol. The van der Waals surface area contributed by atoms with Crippen molar-refractivity contribution in [3.63, 3.8) is 0 Å². The zero-order valence-corrected chi connectivity index (χ0v) is 44.5. The van der Waals surface area contributed by atoms with E-state index in [1.807, 2.05) is 57.2 Å². The van der Waals surface area contributed by atoms with Gasteiger partial charge in [-0.3, -0.25) is 33.6 Å². The highest BCUT2D eigenvalue weighted by molar-refractivity contribution is 5.97. The van der Waals surface area contributed by atoms with Crippen LogP contribution in [0.4, 0.5) is 0 Å². The minimum atomic E-state index is -0.973. The summed E-state index contributed by atoms with van der Waals surface area (Å²) < 4.78 is 0. The Balaban J connectivity index is 1.06. The summed E-state index contributed by atoms with van der Waals surface area (Å²) >= 11 is 0. The van der Waals surface area contributed by atoms with Gasteiger partial charge in [0.25, 0.3) is 5.91 Å². The first-order valence-electron chi connectivity index (χ1n) is 27.2. The summed E-state index contributed by atoms with van der Waals surface area (Å²) in [6.07, 6.45) is 10.1. The zero-order chi connectivity index (χ0) is 52.8. The molecule has 9 atom stereocenters. The first kappa shape index (κ1) is 54.1. The molecule has 2 heterocycles. The van der Waals surface area contributed by atoms with Crippen LogP contribution in [0.25, 0.3) is 0 Å². The Labute approximate surface area is 437 Å². The molecule has 8 rings (SSSR count). The second-order valence-electron chi connectivity index (χ2n) is 22.7. The van der Waals surface area contributed by atoms with E-state index in [1.54, 1.807) is 45.0 Å². The molecule has 0 spiro atoms. The molecular formula is C58H79N9O7. The van der Waals surface area contributed by atoms with Crippen molar-refractivity contribution in [2.24, 2.45) is 11.3 Å². The van der Waals surface area contributed by atoms with Gasteiger partial charge in [-0.2, -0.15) is 0 Å². The Morgan fingerprint density at radius 2 is 1.19 bits per heavy atom. The number of fused-ring (bicyclic) bond motifs is 3. The maximum atomic E-state index is 15.1. The summed E-state index contributed by atoms with van der Waals surface area (Å²) in [5.41, 5.74) is 5.66. The van der Waals surface area contributed by atoms with E-state index in [2.05, 4.69) is 55.4 Å². The fourth-order valence-electron chi connectivity index (χ4n) is 11.9. The van der Waals surface area contributed by atoms with Crippen molar-refractivity contribution in [1.82, 2.24) is 47.0 Å². The second-order valence-corrected chi connectivity index (χ2v) is 22.7. The van der Waals surface area contributed by atoms with Crippen molar-refractivity contribution >= 4 is 41.4 Å². The molecular weight excluding hydrogens is 935 g/mol. The topological polar surface area (TPSA) is 210 Å². The maximum absolute atomic E-state index is 15.1. The van der Waals surface area contributed by atoms with Crippen LogP contribution in [0, 0.1) is 11.3 Å². The highest BCUT2D eigenvalue weighted by atomic mass is 16.2. The lowest BCUT2D eigenvalue weighted by Gasteiger charge is -2.39. The highest BCUT2D eigenvalue weighted by Crippen LogP contribution is 2.35. The fraction of sp³-hybridized carbons (Fsp3) is 0.569. The minimum Gasteiger partial charge on any atom is -0.347 e. The van der Waals surface area contributed by atoms with Crippen LogP contribution in [0.2, 0.25) is 0 Å². The minimum absolute atomic E-state index is 0.0314. The molecule has 7 N–H and O–H groups in total. The normalized spacial score (nSPS) is 23.2. The lowest BCUT2D eigenvalue weighted by Crippen LogP contribution is -2.59. The van der Waals surface area contributed by atoms with Gasteiger partial charge in [0.2, 0.25) is 35.4 Å². The van der Waals surface area contributed by atoms with Crippen LogP contribution in [0.1, 0.15) is 155 Å². The van der Waals surface area contributed by atoms with Crippen molar-refractivity contribution in [3.05, 3.63) is 106 Å². The Bertz CT molecular complexity index is 2570. The average molecular weight is 1010 g/mol. The SMILES string of the molecule is CN[C@@H](C)C(=O)N[C@@H](CC1CCCC1)C(=O)N1Cc2cc(C(=O)N[C@H]3C[C@@H](C(=O)N[C@@H]4CCCc5ccccc54)N(C(=O)[C@@H](NC(=O)[C@H](C)NC)C(C)(C)C)C3)ccc2C[C@H]1C(=O)N[C@@H]1CCCc2ccccc21. The number of nitrogens with one attached hydrogen (secondary N) is 7. The summed E-state index contributed by atoms with van der Waals surface area (Å²) in [7, 11) is 3.37. The van der Waals surface area contributed by atoms with Gasteiger partial charge in [0.05, 0.1) is 24.2 Å². The van der Waals surface area contributed by atoms with E-state index in [0.717, 1.165) is 80.9 Å². The number of carbonyl (C=O) groups is 7. The largest absolute Gasteiger partial charge is 0.347 e. The first-order valence-corrected chi connectivity index (χ1v) is 27.2. The molecule has 3 aromatic rings. The average Bonchev–Trinajstić information content (AvgIpc) is 4.09. The third kappa shape index (κ3) is 12.3. The van der Waals surface area contributed by atoms with Crippen LogP contribution in [0.3, 0.4) is 0 Å². The van der Waals surface area contributed by atoms with E-state index in [0.29, 0.717) is 17.5 Å². The standard InChI is InChI=1S/C58H79N9O7/c1-34(59-6)51(68)64-47(28-36-16-8-9-17-36)56(73)66-32-41-29-40(27-26-39(41)30-48(66)54(71)62-45-24-14-20-37-18-10-12-22-43(37)45)53(70)61-42-31-49(55(72)63-46-25-15-21-38-19-11-13-23-44(38)46)67(33-42)57(74)50(58(3,4)5)65-52(69)35(2)60-7/h10-13,18-19,22-23,26-27,29,34-36,42,45-50,59-60H,8-9,14-17,20-21,24-25,28,30-33H2,1-7H3,(H,61,70)(H,62,71)(H,63,72)(H,64,68)(H,65,69)/t34-,35-,42-,45+,46+,47-,48-,49-,50+/m0/s1. The van der Waals surface area contributed by atoms with Gasteiger partial charge in [-0.05, 0) is 136 Å². The Hall–Kier alpha value is -6.13. The quantitative estimate of drug-likeness (QED) is 0.105. The van der Waals surface area contributed by atoms with E-state index in [4.69, 9.17) is 0 Å². The van der Waals surface area contributed by atoms with Crippen molar-refractivity contribution < 1.29 is 33.6 Å². The smallest absolute Gasteiger partial charge is 0.251 e. The number of hydrogen-bond acceptors (Lipinski definition) is 9. The molecule has 16 heteroatoms. The molecule has 0 unspecified atom stereocenters.